The summed E-state index contributed by atoms with van der Waals surface area (Å²) in [6.07, 6.45) is 0. The average Bonchev–Trinajstić information content (AvgIpc) is 2.92. The summed E-state index contributed by atoms with van der Waals surface area (Å²) in [5.41, 5.74) is 1.64. The van der Waals surface area contributed by atoms with Crippen molar-refractivity contribution < 1.29 is 0 Å². The number of rotatable bonds is 0. The van der Waals surface area contributed by atoms with Crippen LogP contribution in [-0.2, 0) is 0 Å². The lowest BCUT2D eigenvalue weighted by Gasteiger charge is -2.04. The zero-order valence-corrected chi connectivity index (χ0v) is 10.6. The number of fused-ring (bicyclic) bond motifs is 5. The van der Waals surface area contributed by atoms with E-state index in [0.717, 1.165) is 10.8 Å². The molecule has 0 amide bonds. The van der Waals surface area contributed by atoms with E-state index in [1.165, 1.54) is 0 Å². The second-order valence-corrected chi connectivity index (χ2v) is 4.52. The molecule has 0 N–H and O–H groups in total. The smallest absolute Gasteiger partial charge is 0.256 e. The first-order valence-electron chi connectivity index (χ1n) is 6.20. The van der Waals surface area contributed by atoms with Gasteiger partial charge in [-0.1, -0.05) is 30.3 Å². The van der Waals surface area contributed by atoms with Gasteiger partial charge in [-0.25, -0.2) is 0 Å². The van der Waals surface area contributed by atoms with E-state index in [1.54, 1.807) is 4.40 Å². The van der Waals surface area contributed by atoms with Crippen molar-refractivity contribution in [2.75, 3.05) is 0 Å². The second kappa shape index (κ2) is 3.99. The van der Waals surface area contributed by atoms with Crippen molar-refractivity contribution in [3.63, 3.8) is 0 Å². The van der Waals surface area contributed by atoms with Crippen LogP contribution in [-0.4, -0.2) is 19.6 Å². The molecule has 2 heterocycles. The van der Waals surface area contributed by atoms with Crippen LogP contribution < -0.4 is 0 Å². The third kappa shape index (κ3) is 1.41. The number of nitriles is 2. The maximum Gasteiger partial charge on any atom is 0.256 e. The SMILES string of the molecule is N#Cc1nc2nnc3c4ccccc4ccc3n2c1C#N. The van der Waals surface area contributed by atoms with Gasteiger partial charge in [-0.05, 0) is 11.5 Å². The third-order valence-corrected chi connectivity index (χ3v) is 3.43. The van der Waals surface area contributed by atoms with E-state index < -0.39 is 0 Å². The molecule has 6 nitrogen and oxygen atoms in total. The lowest BCUT2D eigenvalue weighted by atomic mass is 10.1. The minimum atomic E-state index is 0.0625. The number of imidazole rings is 1. The van der Waals surface area contributed by atoms with E-state index >= 15 is 0 Å². The van der Waals surface area contributed by atoms with Crippen molar-refractivity contribution in [1.29, 1.82) is 10.5 Å². The quantitative estimate of drug-likeness (QED) is 0.457. The lowest BCUT2D eigenvalue weighted by molar-refractivity contribution is 1.02. The van der Waals surface area contributed by atoms with Crippen molar-refractivity contribution in [1.82, 2.24) is 19.6 Å². The molecule has 4 aromatic rings. The molecule has 0 radical (unpaired) electrons. The van der Waals surface area contributed by atoms with Crippen LogP contribution >= 0.6 is 0 Å². The summed E-state index contributed by atoms with van der Waals surface area (Å²) in [7, 11) is 0. The predicted octanol–water partition coefficient (Wildman–Crippen LogP) is 2.17. The molecule has 96 valence electrons. The number of hydrogen-bond donors (Lipinski definition) is 0. The van der Waals surface area contributed by atoms with Crippen LogP contribution in [0.15, 0.2) is 36.4 Å². The molecule has 0 aliphatic carbocycles. The van der Waals surface area contributed by atoms with Crippen LogP contribution in [0, 0.1) is 22.7 Å². The highest BCUT2D eigenvalue weighted by molar-refractivity contribution is 6.04. The Kier molecular flexibility index (Phi) is 2.15. The van der Waals surface area contributed by atoms with E-state index in [-0.39, 0.29) is 17.2 Å². The zero-order chi connectivity index (χ0) is 14.4. The molecular formula is C15H6N6. The summed E-state index contributed by atoms with van der Waals surface area (Å²) in [5.74, 6) is 0.255. The van der Waals surface area contributed by atoms with Crippen LogP contribution in [0.4, 0.5) is 0 Å². The zero-order valence-electron chi connectivity index (χ0n) is 10.6. The normalized spacial score (nSPS) is 10.8. The molecule has 21 heavy (non-hydrogen) atoms. The van der Waals surface area contributed by atoms with E-state index in [9.17, 15) is 5.26 Å². The molecule has 6 heteroatoms. The lowest BCUT2D eigenvalue weighted by Crippen LogP contribution is -1.97. The summed E-state index contributed by atoms with van der Waals surface area (Å²) in [4.78, 5) is 4.04. The Bertz CT molecular complexity index is 1110. The van der Waals surface area contributed by atoms with Gasteiger partial charge in [-0.3, -0.25) is 4.40 Å². The molecule has 2 aromatic carbocycles. The van der Waals surface area contributed by atoms with Crippen molar-refractivity contribution >= 4 is 27.6 Å². The molecule has 0 saturated carbocycles. The maximum atomic E-state index is 9.30. The molecule has 0 bridgehead atoms. The van der Waals surface area contributed by atoms with Gasteiger partial charge in [0, 0.05) is 5.39 Å². The Morgan fingerprint density at radius 1 is 0.952 bits per heavy atom. The van der Waals surface area contributed by atoms with Crippen molar-refractivity contribution in [2.24, 2.45) is 0 Å². The minimum absolute atomic E-state index is 0.0625. The van der Waals surface area contributed by atoms with Crippen LogP contribution in [0.3, 0.4) is 0 Å². The minimum Gasteiger partial charge on any atom is -0.263 e. The summed E-state index contributed by atoms with van der Waals surface area (Å²) in [6.45, 7) is 0. The summed E-state index contributed by atoms with van der Waals surface area (Å²) in [6, 6.07) is 15.6. The molecule has 0 unspecified atom stereocenters. The molecule has 2 aromatic heterocycles. The van der Waals surface area contributed by atoms with E-state index in [4.69, 9.17) is 5.26 Å². The molecule has 4 rings (SSSR count). The van der Waals surface area contributed by atoms with Crippen LogP contribution in [0.2, 0.25) is 0 Å². The Balaban J connectivity index is 2.30. The Labute approximate surface area is 118 Å². The molecule has 0 spiro atoms. The maximum absolute atomic E-state index is 9.30. The van der Waals surface area contributed by atoms with Crippen molar-refractivity contribution in [3.8, 4) is 12.1 Å². The van der Waals surface area contributed by atoms with Gasteiger partial charge in [0.1, 0.15) is 17.7 Å². The Morgan fingerprint density at radius 2 is 1.81 bits per heavy atom. The van der Waals surface area contributed by atoms with Gasteiger partial charge < -0.3 is 0 Å². The van der Waals surface area contributed by atoms with Gasteiger partial charge in [-0.2, -0.15) is 15.5 Å². The molecule has 0 fully saturated rings. The fourth-order valence-corrected chi connectivity index (χ4v) is 2.51. The number of benzene rings is 2. The fraction of sp³-hybridized carbons (Fsp3) is 0. The molecule has 0 saturated heterocycles. The van der Waals surface area contributed by atoms with Gasteiger partial charge in [0.25, 0.3) is 5.78 Å². The fourth-order valence-electron chi connectivity index (χ4n) is 2.51. The van der Waals surface area contributed by atoms with E-state index in [2.05, 4.69) is 15.2 Å². The standard InChI is InChI=1S/C15H6N6/c16-7-11-13(8-17)21-12-6-5-9-3-1-2-4-10(9)14(12)19-20-15(21)18-11/h1-6H. The Hall–Kier alpha value is -3.51. The largest absolute Gasteiger partial charge is 0.263 e. The van der Waals surface area contributed by atoms with Crippen LogP contribution in [0.25, 0.3) is 27.6 Å². The van der Waals surface area contributed by atoms with E-state index in [0.29, 0.717) is 11.0 Å². The number of nitrogens with zero attached hydrogens (tertiary/aromatic N) is 6. The van der Waals surface area contributed by atoms with Crippen molar-refractivity contribution in [3.05, 3.63) is 47.8 Å². The number of hydrogen-bond acceptors (Lipinski definition) is 5. The third-order valence-electron chi connectivity index (χ3n) is 3.43. The second-order valence-electron chi connectivity index (χ2n) is 4.52. The molecule has 0 aliphatic rings. The first-order chi connectivity index (χ1) is 10.3. The molecule has 0 aliphatic heterocycles. The molecule has 0 atom stereocenters. The highest BCUT2D eigenvalue weighted by atomic mass is 15.2. The van der Waals surface area contributed by atoms with E-state index in [1.807, 2.05) is 48.5 Å². The Morgan fingerprint density at radius 3 is 2.62 bits per heavy atom. The monoisotopic (exact) mass is 270 g/mol. The summed E-state index contributed by atoms with van der Waals surface area (Å²) in [5, 5.41) is 28.6. The first kappa shape index (κ1) is 11.3. The predicted molar refractivity (Wildman–Crippen MR) is 75.2 cm³/mol. The van der Waals surface area contributed by atoms with Crippen molar-refractivity contribution in [2.45, 2.75) is 0 Å². The van der Waals surface area contributed by atoms with Gasteiger partial charge in [0.15, 0.2) is 11.4 Å². The van der Waals surface area contributed by atoms with Gasteiger partial charge >= 0.3 is 0 Å². The van der Waals surface area contributed by atoms with Gasteiger partial charge in [-0.15, -0.1) is 10.2 Å². The van der Waals surface area contributed by atoms with Gasteiger partial charge in [0.05, 0.1) is 5.52 Å². The van der Waals surface area contributed by atoms with Crippen LogP contribution in [0.5, 0.6) is 0 Å². The van der Waals surface area contributed by atoms with Gasteiger partial charge in [0.2, 0.25) is 0 Å². The highest BCUT2D eigenvalue weighted by Crippen LogP contribution is 2.24. The summed E-state index contributed by atoms with van der Waals surface area (Å²) < 4.78 is 1.58. The number of aromatic nitrogens is 4. The molecular weight excluding hydrogens is 264 g/mol. The highest BCUT2D eigenvalue weighted by Gasteiger charge is 2.16. The topological polar surface area (TPSA) is 90.7 Å². The first-order valence-corrected chi connectivity index (χ1v) is 6.20. The van der Waals surface area contributed by atoms with Crippen LogP contribution in [0.1, 0.15) is 11.4 Å². The average molecular weight is 270 g/mol. The summed E-state index contributed by atoms with van der Waals surface area (Å²) >= 11 is 0.